The summed E-state index contributed by atoms with van der Waals surface area (Å²) in [4.78, 5) is 25.6. The van der Waals surface area contributed by atoms with Gasteiger partial charge in [-0.05, 0) is 80.2 Å². The van der Waals surface area contributed by atoms with Gasteiger partial charge in [0.25, 0.3) is 5.56 Å². The lowest BCUT2D eigenvalue weighted by Gasteiger charge is -2.61. The van der Waals surface area contributed by atoms with E-state index in [9.17, 15) is 13.6 Å². The Morgan fingerprint density at radius 2 is 1.86 bits per heavy atom. The number of hydrogen-bond acceptors (Lipinski definition) is 5. The number of aromatic nitrogens is 2. The first-order valence-electron chi connectivity index (χ1n) is 15.3. The van der Waals surface area contributed by atoms with E-state index >= 15 is 0 Å². The Hall–Kier alpha value is -3.53. The summed E-state index contributed by atoms with van der Waals surface area (Å²) in [5, 5.41) is 7.69. The molecule has 2 heterocycles. The van der Waals surface area contributed by atoms with Crippen molar-refractivity contribution in [2.45, 2.75) is 72.2 Å². The lowest BCUT2D eigenvalue weighted by molar-refractivity contribution is -0.108. The number of rotatable bonds is 5. The lowest BCUT2D eigenvalue weighted by atomic mass is 9.45. The zero-order valence-electron chi connectivity index (χ0n) is 25.8. The molecule has 8 nitrogen and oxygen atoms in total. The third-order valence-corrected chi connectivity index (χ3v) is 10.1. The molecule has 2 aromatic carbocycles. The topological polar surface area (TPSA) is 83.8 Å². The average molecular weight is 593 g/mol. The van der Waals surface area contributed by atoms with Crippen LogP contribution in [0.3, 0.4) is 0 Å². The number of ether oxygens (including phenoxy) is 1. The van der Waals surface area contributed by atoms with Gasteiger partial charge in [-0.1, -0.05) is 20.8 Å². The Kier molecular flexibility index (Phi) is 7.69. The summed E-state index contributed by atoms with van der Waals surface area (Å²) < 4.78 is 34.4. The van der Waals surface area contributed by atoms with Gasteiger partial charge in [-0.15, -0.1) is 0 Å². The summed E-state index contributed by atoms with van der Waals surface area (Å²) in [6, 6.07) is 9.53. The van der Waals surface area contributed by atoms with Crippen LogP contribution in [0, 0.1) is 34.8 Å². The number of benzene rings is 2. The van der Waals surface area contributed by atoms with Gasteiger partial charge < -0.3 is 20.3 Å². The number of aliphatic imine (C=N–C) groups is 1. The predicted molar refractivity (Wildman–Crippen MR) is 165 cm³/mol. The van der Waals surface area contributed by atoms with Gasteiger partial charge in [0.2, 0.25) is 0 Å². The van der Waals surface area contributed by atoms with Gasteiger partial charge >= 0.3 is 0 Å². The molecule has 0 amide bonds. The van der Waals surface area contributed by atoms with E-state index in [1.807, 2.05) is 12.1 Å². The molecule has 1 aromatic heterocycles. The average Bonchev–Trinajstić information content (AvgIpc) is 2.94. The van der Waals surface area contributed by atoms with E-state index < -0.39 is 11.6 Å². The molecule has 6 atom stereocenters. The van der Waals surface area contributed by atoms with Crippen molar-refractivity contribution in [1.82, 2.24) is 19.8 Å². The number of nitrogens with one attached hydrogen (secondary N) is 2. The fourth-order valence-electron chi connectivity index (χ4n) is 7.53. The molecule has 1 saturated heterocycles. The van der Waals surface area contributed by atoms with Crippen LogP contribution in [0.15, 0.2) is 46.2 Å². The van der Waals surface area contributed by atoms with E-state index in [2.05, 4.69) is 50.2 Å². The number of hydrogen-bond donors (Lipinski definition) is 2. The molecular formula is C33H42F2N6O2. The van der Waals surface area contributed by atoms with E-state index in [1.165, 1.54) is 17.1 Å². The number of nitrogens with zero attached hydrogens (tertiary/aromatic N) is 4. The van der Waals surface area contributed by atoms with Crippen molar-refractivity contribution in [2.75, 3.05) is 18.4 Å². The van der Waals surface area contributed by atoms with Gasteiger partial charge in [-0.25, -0.2) is 18.8 Å². The summed E-state index contributed by atoms with van der Waals surface area (Å²) in [6.07, 6.45) is 2.40. The highest BCUT2D eigenvalue weighted by Gasteiger charge is 2.56. The fourth-order valence-corrected chi connectivity index (χ4v) is 7.53. The van der Waals surface area contributed by atoms with Gasteiger partial charge in [0.1, 0.15) is 18.2 Å². The van der Waals surface area contributed by atoms with Crippen molar-refractivity contribution in [3.63, 3.8) is 0 Å². The summed E-state index contributed by atoms with van der Waals surface area (Å²) in [5.41, 5.74) is 1.45. The molecule has 1 unspecified atom stereocenters. The maximum Gasteiger partial charge on any atom is 0.261 e. The molecule has 3 aliphatic carbocycles. The minimum absolute atomic E-state index is 0.107. The zero-order valence-corrected chi connectivity index (χ0v) is 25.8. The molecule has 2 bridgehead atoms. The van der Waals surface area contributed by atoms with E-state index in [1.54, 1.807) is 13.1 Å². The predicted octanol–water partition coefficient (Wildman–Crippen LogP) is 5.31. The van der Waals surface area contributed by atoms with Crippen LogP contribution in [0.4, 0.5) is 14.5 Å². The third-order valence-electron chi connectivity index (χ3n) is 10.1. The van der Waals surface area contributed by atoms with Crippen LogP contribution in [0.2, 0.25) is 0 Å². The fraction of sp³-hybridized carbons (Fsp3) is 0.545. The number of anilines is 1. The van der Waals surface area contributed by atoms with Gasteiger partial charge in [0, 0.05) is 44.0 Å². The van der Waals surface area contributed by atoms with Crippen molar-refractivity contribution in [3.05, 3.63) is 64.2 Å². The Bertz CT molecular complexity index is 1610. The summed E-state index contributed by atoms with van der Waals surface area (Å²) in [6.45, 7) is 13.1. The Labute approximate surface area is 251 Å². The van der Waals surface area contributed by atoms with E-state index in [0.29, 0.717) is 52.0 Å². The van der Waals surface area contributed by atoms with Crippen molar-refractivity contribution in [2.24, 2.45) is 35.2 Å². The molecule has 7 rings (SSSR count). The molecule has 0 radical (unpaired) electrons. The molecule has 4 fully saturated rings. The van der Waals surface area contributed by atoms with Crippen LogP contribution >= 0.6 is 0 Å². The normalized spacial score (nSPS) is 28.5. The molecule has 0 spiro atoms. The van der Waals surface area contributed by atoms with Crippen molar-refractivity contribution in [3.8, 4) is 5.75 Å². The number of guanidine groups is 1. The molecule has 1 aliphatic heterocycles. The SMILES string of the molecule is C[C@@H]1CN(C(=NC2C[C@H]3C[C@@H]([C@@H]2C)C3(C)C)Nc2ccc3c(=O)n(C)c(COc4ccc(F)cc4F)nc3c2)C[C@H](C)N1. The first kappa shape index (κ1) is 29.5. The van der Waals surface area contributed by atoms with Crippen LogP contribution in [0.1, 0.15) is 53.3 Å². The second-order valence-electron chi connectivity index (χ2n) is 13.5. The smallest absolute Gasteiger partial charge is 0.261 e. The highest BCUT2D eigenvalue weighted by molar-refractivity contribution is 5.96. The monoisotopic (exact) mass is 592 g/mol. The largest absolute Gasteiger partial charge is 0.483 e. The lowest BCUT2D eigenvalue weighted by Crippen LogP contribution is -2.59. The standard InChI is InChI=1S/C33H42F2N6O2/c1-18-15-41(16-19(2)36-18)32(39-27-12-21-11-25(20(27)3)33(21,4)5)37-23-8-9-24-28(14-23)38-30(40(6)31(24)42)17-43-29-10-7-22(34)13-26(29)35/h7-10,13-14,18-21,25,27,36H,11-12,15-17H2,1-6H3,(H,37,39)/t18-,19+,20-,21+,25-,27?/m0/s1. The van der Waals surface area contributed by atoms with Crippen LogP contribution in [0.5, 0.6) is 5.75 Å². The minimum atomic E-state index is -0.811. The van der Waals surface area contributed by atoms with Crippen LogP contribution < -0.4 is 20.9 Å². The Balaban J connectivity index is 1.30. The van der Waals surface area contributed by atoms with Crippen molar-refractivity contribution >= 4 is 22.5 Å². The molecule has 3 aromatic rings. The molecule has 10 heteroatoms. The zero-order chi connectivity index (χ0) is 30.6. The van der Waals surface area contributed by atoms with Gasteiger partial charge in [0.15, 0.2) is 17.5 Å². The second-order valence-corrected chi connectivity index (χ2v) is 13.5. The Morgan fingerprint density at radius 1 is 1.12 bits per heavy atom. The molecule has 230 valence electrons. The molecular weight excluding hydrogens is 550 g/mol. The highest BCUT2D eigenvalue weighted by atomic mass is 19.1. The van der Waals surface area contributed by atoms with E-state index in [0.717, 1.165) is 43.3 Å². The maximum atomic E-state index is 14.1. The van der Waals surface area contributed by atoms with Crippen molar-refractivity contribution < 1.29 is 13.5 Å². The first-order valence-corrected chi connectivity index (χ1v) is 15.3. The van der Waals surface area contributed by atoms with Crippen LogP contribution in [0.25, 0.3) is 10.9 Å². The molecule has 3 saturated carbocycles. The highest BCUT2D eigenvalue weighted by Crippen LogP contribution is 2.61. The van der Waals surface area contributed by atoms with Gasteiger partial charge in [-0.2, -0.15) is 0 Å². The molecule has 43 heavy (non-hydrogen) atoms. The van der Waals surface area contributed by atoms with Gasteiger partial charge in [-0.3, -0.25) is 9.36 Å². The van der Waals surface area contributed by atoms with Crippen LogP contribution in [-0.2, 0) is 13.7 Å². The Morgan fingerprint density at radius 3 is 2.53 bits per heavy atom. The third kappa shape index (κ3) is 5.61. The van der Waals surface area contributed by atoms with Crippen LogP contribution in [-0.4, -0.2) is 51.6 Å². The van der Waals surface area contributed by atoms with Crippen molar-refractivity contribution in [1.29, 1.82) is 0 Å². The van der Waals surface area contributed by atoms with E-state index in [4.69, 9.17) is 14.7 Å². The second kappa shape index (κ2) is 11.2. The first-order chi connectivity index (χ1) is 20.4. The summed E-state index contributed by atoms with van der Waals surface area (Å²) in [5.74, 6) is 1.47. The number of halogens is 2. The van der Waals surface area contributed by atoms with E-state index in [-0.39, 0.29) is 24.0 Å². The van der Waals surface area contributed by atoms with Gasteiger partial charge in [0.05, 0.1) is 16.9 Å². The summed E-state index contributed by atoms with van der Waals surface area (Å²) in [7, 11) is 1.61. The molecule has 4 aliphatic rings. The molecule has 2 N–H and O–H groups in total. The minimum Gasteiger partial charge on any atom is -0.483 e. The maximum absolute atomic E-state index is 14.1. The number of fused-ring (bicyclic) bond motifs is 3. The number of piperazine rings is 1. The summed E-state index contributed by atoms with van der Waals surface area (Å²) >= 11 is 0. The quantitative estimate of drug-likeness (QED) is 0.309.